The molecular weight excluding hydrogens is 280 g/mol. The molecule has 0 aromatic heterocycles. The number of carboxylic acid groups (broad SMARTS) is 1. The second kappa shape index (κ2) is 7.71. The predicted molar refractivity (Wildman–Crippen MR) is 73.8 cm³/mol. The summed E-state index contributed by atoms with van der Waals surface area (Å²) in [6.07, 6.45) is -0.0465. The Balaban J connectivity index is 2.65. The maximum Gasteiger partial charge on any atom is 0.305 e. The van der Waals surface area contributed by atoms with Gasteiger partial charge < -0.3 is 10.0 Å². The van der Waals surface area contributed by atoms with Gasteiger partial charge in [-0.1, -0.05) is 0 Å². The van der Waals surface area contributed by atoms with Crippen molar-refractivity contribution < 1.29 is 23.5 Å². The molecule has 1 N–H and O–H groups in total. The molecule has 0 saturated carbocycles. The van der Waals surface area contributed by atoms with E-state index in [9.17, 15) is 18.4 Å². The molecule has 0 aliphatic carbocycles. The second-order valence-corrected chi connectivity index (χ2v) is 5.06. The Bertz CT molecular complexity index is 518. The number of aliphatic carboxylic acids is 1. The first-order valence-electron chi connectivity index (χ1n) is 6.76. The molecule has 0 atom stereocenters. The average Bonchev–Trinajstić information content (AvgIpc) is 2.39. The van der Waals surface area contributed by atoms with E-state index in [1.54, 1.807) is 13.8 Å². The van der Waals surface area contributed by atoms with Gasteiger partial charge in [-0.2, -0.15) is 0 Å². The molecule has 0 unspecified atom stereocenters. The third kappa shape index (κ3) is 5.49. The van der Waals surface area contributed by atoms with Crippen molar-refractivity contribution in [2.24, 2.45) is 0 Å². The molecule has 6 heteroatoms. The summed E-state index contributed by atoms with van der Waals surface area (Å²) in [5, 5.41) is 8.67. The molecule has 1 rings (SSSR count). The number of amides is 1. The Morgan fingerprint density at radius 2 is 1.90 bits per heavy atom. The molecule has 0 fully saturated rings. The number of hydrogen-bond acceptors (Lipinski definition) is 2. The molecule has 0 aliphatic rings. The Kier molecular flexibility index (Phi) is 6.27. The number of carboxylic acids is 1. The van der Waals surface area contributed by atoms with Crippen LogP contribution >= 0.6 is 0 Å². The van der Waals surface area contributed by atoms with Gasteiger partial charge in [-0.25, -0.2) is 8.78 Å². The van der Waals surface area contributed by atoms with E-state index in [4.69, 9.17) is 5.11 Å². The standard InChI is InChI=1S/C15H19F2NO3/c1-10(2)18(8-7-15(20)21)14(19)6-3-11-9-12(16)4-5-13(11)17/h4-5,9-10H,3,6-8H2,1-2H3,(H,20,21). The normalized spacial score (nSPS) is 10.7. The zero-order chi connectivity index (χ0) is 16.0. The van der Waals surface area contributed by atoms with Crippen molar-refractivity contribution >= 4 is 11.9 Å². The number of nitrogens with zero attached hydrogens (tertiary/aromatic N) is 1. The highest BCUT2D eigenvalue weighted by molar-refractivity contribution is 5.77. The predicted octanol–water partition coefficient (Wildman–Crippen LogP) is 2.61. The molecule has 0 spiro atoms. The first kappa shape index (κ1) is 17.1. The maximum absolute atomic E-state index is 13.5. The lowest BCUT2D eigenvalue weighted by Crippen LogP contribution is -2.38. The van der Waals surface area contributed by atoms with Crippen LogP contribution in [-0.2, 0) is 16.0 Å². The van der Waals surface area contributed by atoms with Crippen molar-refractivity contribution in [3.8, 4) is 0 Å². The zero-order valence-electron chi connectivity index (χ0n) is 12.1. The number of rotatable bonds is 7. The van der Waals surface area contributed by atoms with Crippen LogP contribution in [0.1, 0.15) is 32.3 Å². The van der Waals surface area contributed by atoms with Gasteiger partial charge in [0.05, 0.1) is 6.42 Å². The number of aryl methyl sites for hydroxylation is 1. The lowest BCUT2D eigenvalue weighted by atomic mass is 10.1. The van der Waals surface area contributed by atoms with Crippen LogP contribution < -0.4 is 0 Å². The summed E-state index contributed by atoms with van der Waals surface area (Å²) in [6.45, 7) is 3.67. The van der Waals surface area contributed by atoms with Gasteiger partial charge in [-0.05, 0) is 44.0 Å². The first-order chi connectivity index (χ1) is 9.81. The molecule has 1 aromatic rings. The highest BCUT2D eigenvalue weighted by Crippen LogP contribution is 2.13. The van der Waals surface area contributed by atoms with Crippen LogP contribution in [0.4, 0.5) is 8.78 Å². The van der Waals surface area contributed by atoms with Crippen LogP contribution in [0.3, 0.4) is 0 Å². The van der Waals surface area contributed by atoms with Crippen molar-refractivity contribution in [3.05, 3.63) is 35.4 Å². The zero-order valence-corrected chi connectivity index (χ0v) is 12.1. The van der Waals surface area contributed by atoms with Gasteiger partial charge in [0.25, 0.3) is 0 Å². The lowest BCUT2D eigenvalue weighted by molar-refractivity contribution is -0.139. The minimum absolute atomic E-state index is 0.0121. The summed E-state index contributed by atoms with van der Waals surface area (Å²) >= 11 is 0. The Hall–Kier alpha value is -1.98. The molecular formula is C15H19F2NO3. The van der Waals surface area contributed by atoms with Crippen LogP contribution in [0.25, 0.3) is 0 Å². The fraction of sp³-hybridized carbons (Fsp3) is 0.467. The van der Waals surface area contributed by atoms with E-state index < -0.39 is 17.6 Å². The SMILES string of the molecule is CC(C)N(CCC(=O)O)C(=O)CCc1cc(F)ccc1F. The summed E-state index contributed by atoms with van der Waals surface area (Å²) in [4.78, 5) is 24.1. The average molecular weight is 299 g/mol. The van der Waals surface area contributed by atoms with Gasteiger partial charge in [0.15, 0.2) is 0 Å². The number of carbonyl (C=O) groups excluding carboxylic acids is 1. The third-order valence-corrected chi connectivity index (χ3v) is 3.13. The van der Waals surface area contributed by atoms with Gasteiger partial charge in [0, 0.05) is 19.0 Å². The van der Waals surface area contributed by atoms with E-state index in [1.165, 1.54) is 4.90 Å². The van der Waals surface area contributed by atoms with Crippen molar-refractivity contribution in [2.75, 3.05) is 6.54 Å². The third-order valence-electron chi connectivity index (χ3n) is 3.13. The van der Waals surface area contributed by atoms with E-state index in [0.717, 1.165) is 18.2 Å². The van der Waals surface area contributed by atoms with Gasteiger partial charge in [0.2, 0.25) is 5.91 Å². The molecule has 21 heavy (non-hydrogen) atoms. The van der Waals surface area contributed by atoms with Crippen LogP contribution in [0.2, 0.25) is 0 Å². The largest absolute Gasteiger partial charge is 0.481 e. The fourth-order valence-electron chi connectivity index (χ4n) is 2.01. The first-order valence-corrected chi connectivity index (χ1v) is 6.76. The summed E-state index contributed by atoms with van der Waals surface area (Å²) in [6, 6.07) is 2.97. The minimum atomic E-state index is -0.982. The van der Waals surface area contributed by atoms with Crippen molar-refractivity contribution in [1.82, 2.24) is 4.90 Å². The van der Waals surface area contributed by atoms with Gasteiger partial charge in [0.1, 0.15) is 11.6 Å². The molecule has 4 nitrogen and oxygen atoms in total. The molecule has 0 radical (unpaired) electrons. The Morgan fingerprint density at radius 1 is 1.24 bits per heavy atom. The topological polar surface area (TPSA) is 57.6 Å². The highest BCUT2D eigenvalue weighted by Gasteiger charge is 2.18. The van der Waals surface area contributed by atoms with Crippen molar-refractivity contribution in [3.63, 3.8) is 0 Å². The highest BCUT2D eigenvalue weighted by atomic mass is 19.1. The van der Waals surface area contributed by atoms with E-state index in [-0.39, 0.29) is 43.3 Å². The van der Waals surface area contributed by atoms with E-state index >= 15 is 0 Å². The van der Waals surface area contributed by atoms with Crippen molar-refractivity contribution in [2.45, 2.75) is 39.2 Å². The van der Waals surface area contributed by atoms with Crippen LogP contribution in [-0.4, -0.2) is 34.5 Å². The van der Waals surface area contributed by atoms with Crippen LogP contribution in [0.15, 0.2) is 18.2 Å². The van der Waals surface area contributed by atoms with E-state index in [2.05, 4.69) is 0 Å². The van der Waals surface area contributed by atoms with Gasteiger partial charge in [-0.15, -0.1) is 0 Å². The second-order valence-electron chi connectivity index (χ2n) is 5.06. The number of hydrogen-bond donors (Lipinski definition) is 1. The molecule has 1 amide bonds. The number of carbonyl (C=O) groups is 2. The van der Waals surface area contributed by atoms with Crippen molar-refractivity contribution in [1.29, 1.82) is 0 Å². The Morgan fingerprint density at radius 3 is 2.48 bits per heavy atom. The lowest BCUT2D eigenvalue weighted by Gasteiger charge is -2.26. The van der Waals surface area contributed by atoms with Gasteiger partial charge in [-0.3, -0.25) is 9.59 Å². The van der Waals surface area contributed by atoms with E-state index in [1.807, 2.05) is 0 Å². The minimum Gasteiger partial charge on any atom is -0.481 e. The summed E-state index contributed by atoms with van der Waals surface area (Å²) in [5.41, 5.74) is 0.144. The maximum atomic E-state index is 13.5. The Labute approximate surface area is 122 Å². The van der Waals surface area contributed by atoms with Crippen LogP contribution in [0, 0.1) is 11.6 Å². The fourth-order valence-corrected chi connectivity index (χ4v) is 2.01. The summed E-state index contributed by atoms with van der Waals surface area (Å²) in [5.74, 6) is -2.35. The molecule has 0 aliphatic heterocycles. The molecule has 116 valence electrons. The monoisotopic (exact) mass is 299 g/mol. The summed E-state index contributed by atoms with van der Waals surface area (Å²) < 4.78 is 26.5. The van der Waals surface area contributed by atoms with Gasteiger partial charge >= 0.3 is 5.97 Å². The number of halogens is 2. The molecule has 1 aromatic carbocycles. The summed E-state index contributed by atoms with van der Waals surface area (Å²) in [7, 11) is 0. The molecule has 0 bridgehead atoms. The smallest absolute Gasteiger partial charge is 0.305 e. The molecule has 0 heterocycles. The quantitative estimate of drug-likeness (QED) is 0.842. The number of benzene rings is 1. The van der Waals surface area contributed by atoms with Crippen LogP contribution in [0.5, 0.6) is 0 Å². The van der Waals surface area contributed by atoms with E-state index in [0.29, 0.717) is 0 Å². The molecule has 0 saturated heterocycles.